The number of ether oxygens (including phenoxy) is 2. The minimum Gasteiger partial charge on any atom is -0.378 e. The van der Waals surface area contributed by atoms with E-state index in [2.05, 4.69) is 0 Å². The molecule has 1 unspecified atom stereocenters. The van der Waals surface area contributed by atoms with Gasteiger partial charge in [0.2, 0.25) is 0 Å². The van der Waals surface area contributed by atoms with Crippen LogP contribution in [0.3, 0.4) is 0 Å². The molecule has 1 atom stereocenters. The van der Waals surface area contributed by atoms with Gasteiger partial charge in [-0.3, -0.25) is 0 Å². The number of nitrogens with zero attached hydrogens (tertiary/aromatic N) is 1. The van der Waals surface area contributed by atoms with Gasteiger partial charge in [-0.2, -0.15) is 0 Å². The summed E-state index contributed by atoms with van der Waals surface area (Å²) >= 11 is 0. The molecule has 0 aliphatic heterocycles. The fraction of sp³-hybridized carbons (Fsp3) is 1.00. The van der Waals surface area contributed by atoms with Gasteiger partial charge in [-0.1, -0.05) is 6.92 Å². The Morgan fingerprint density at radius 3 is 2.00 bits per heavy atom. The van der Waals surface area contributed by atoms with Crippen LogP contribution in [0.15, 0.2) is 0 Å². The first-order chi connectivity index (χ1) is 5.26. The average Bonchev–Trinajstić information content (AvgIpc) is 2.03. The molecule has 0 fully saturated rings. The van der Waals surface area contributed by atoms with Crippen molar-refractivity contribution in [1.29, 1.82) is 0 Å². The number of aliphatic hydroxyl groups is 1. The molecule has 0 aromatic heterocycles. The Morgan fingerprint density at radius 2 is 1.73 bits per heavy atom. The van der Waals surface area contributed by atoms with E-state index in [1.165, 1.54) is 0 Å². The second kappa shape index (κ2) is 6.54. The Hall–Kier alpha value is -0.160. The Balaban J connectivity index is 3.66. The quantitative estimate of drug-likeness (QED) is 0.569. The molecule has 0 radical (unpaired) electrons. The highest BCUT2D eigenvalue weighted by molar-refractivity contribution is 4.50. The van der Waals surface area contributed by atoms with Crippen LogP contribution >= 0.6 is 0 Å². The van der Waals surface area contributed by atoms with Gasteiger partial charge in [0.1, 0.15) is 19.7 Å². The van der Waals surface area contributed by atoms with Crippen LogP contribution in [-0.2, 0) is 9.47 Å². The van der Waals surface area contributed by atoms with Crippen molar-refractivity contribution < 1.29 is 14.6 Å². The molecular formula is C7H17NO3. The highest BCUT2D eigenvalue weighted by Crippen LogP contribution is 1.99. The van der Waals surface area contributed by atoms with Crippen molar-refractivity contribution in [3.05, 3.63) is 0 Å². The van der Waals surface area contributed by atoms with Gasteiger partial charge >= 0.3 is 0 Å². The summed E-state index contributed by atoms with van der Waals surface area (Å²) in [7, 11) is 3.18. The van der Waals surface area contributed by atoms with E-state index in [4.69, 9.17) is 9.47 Å². The van der Waals surface area contributed by atoms with Crippen LogP contribution < -0.4 is 0 Å². The van der Waals surface area contributed by atoms with Gasteiger partial charge < -0.3 is 14.6 Å². The zero-order valence-electron chi connectivity index (χ0n) is 7.41. The van der Waals surface area contributed by atoms with Gasteiger partial charge in [-0.15, -0.1) is 0 Å². The summed E-state index contributed by atoms with van der Waals surface area (Å²) in [6.07, 6.45) is 0.196. The standard InChI is InChI=1S/C7H17NO3/c1-4-7(9)8(5-10-2)6-11-3/h7,9H,4-6H2,1-3H3. The lowest BCUT2D eigenvalue weighted by Gasteiger charge is -2.24. The lowest BCUT2D eigenvalue weighted by atomic mass is 10.4. The minimum absolute atomic E-state index is 0.392. The third kappa shape index (κ3) is 4.31. The SMILES string of the molecule is CCC(O)N(COC)COC. The maximum absolute atomic E-state index is 9.35. The third-order valence-corrected chi connectivity index (χ3v) is 1.38. The molecule has 0 rings (SSSR count). The summed E-state index contributed by atoms with van der Waals surface area (Å²) in [6, 6.07) is 0. The molecule has 11 heavy (non-hydrogen) atoms. The van der Waals surface area contributed by atoms with E-state index >= 15 is 0 Å². The molecule has 0 saturated carbocycles. The predicted molar refractivity (Wildman–Crippen MR) is 41.9 cm³/mol. The first kappa shape index (κ1) is 10.8. The third-order valence-electron chi connectivity index (χ3n) is 1.38. The van der Waals surface area contributed by atoms with Crippen molar-refractivity contribution in [2.45, 2.75) is 19.6 Å². The monoisotopic (exact) mass is 163 g/mol. The molecule has 0 spiro atoms. The van der Waals surface area contributed by atoms with Crippen LogP contribution in [0.25, 0.3) is 0 Å². The molecule has 0 bridgehead atoms. The maximum atomic E-state index is 9.35. The van der Waals surface area contributed by atoms with Gasteiger partial charge in [0, 0.05) is 14.2 Å². The molecule has 0 heterocycles. The van der Waals surface area contributed by atoms with Gasteiger partial charge in [-0.05, 0) is 6.42 Å². The lowest BCUT2D eigenvalue weighted by Crippen LogP contribution is -2.37. The second-order valence-electron chi connectivity index (χ2n) is 2.31. The first-order valence-electron chi connectivity index (χ1n) is 3.66. The van der Waals surface area contributed by atoms with Crippen molar-refractivity contribution >= 4 is 0 Å². The number of aliphatic hydroxyl groups excluding tert-OH is 1. The van der Waals surface area contributed by atoms with Crippen LogP contribution in [0, 0.1) is 0 Å². The van der Waals surface area contributed by atoms with Crippen LogP contribution in [0.2, 0.25) is 0 Å². The molecule has 0 amide bonds. The zero-order valence-corrected chi connectivity index (χ0v) is 7.41. The van der Waals surface area contributed by atoms with Crippen LogP contribution in [0.5, 0.6) is 0 Å². The van der Waals surface area contributed by atoms with Crippen molar-refractivity contribution in [1.82, 2.24) is 4.90 Å². The van der Waals surface area contributed by atoms with E-state index in [1.54, 1.807) is 19.1 Å². The predicted octanol–water partition coefficient (Wildman–Crippen LogP) is 0.225. The van der Waals surface area contributed by atoms with E-state index in [9.17, 15) is 5.11 Å². The van der Waals surface area contributed by atoms with Crippen molar-refractivity contribution in [3.8, 4) is 0 Å². The molecule has 4 nitrogen and oxygen atoms in total. The molecule has 0 saturated heterocycles. The Kier molecular flexibility index (Phi) is 6.45. The molecular weight excluding hydrogens is 146 g/mol. The molecule has 0 aliphatic carbocycles. The first-order valence-corrected chi connectivity index (χ1v) is 3.66. The number of hydrogen-bond acceptors (Lipinski definition) is 4. The smallest absolute Gasteiger partial charge is 0.110 e. The largest absolute Gasteiger partial charge is 0.378 e. The molecule has 68 valence electrons. The van der Waals surface area contributed by atoms with Crippen molar-refractivity contribution in [3.63, 3.8) is 0 Å². The number of hydrogen-bond donors (Lipinski definition) is 1. The van der Waals surface area contributed by atoms with Crippen molar-refractivity contribution in [2.75, 3.05) is 27.7 Å². The molecule has 0 aliphatic rings. The van der Waals surface area contributed by atoms with E-state index in [0.29, 0.717) is 19.9 Å². The molecule has 0 aromatic rings. The number of rotatable bonds is 6. The Bertz CT molecular complexity index is 83.8. The maximum Gasteiger partial charge on any atom is 0.110 e. The summed E-state index contributed by atoms with van der Waals surface area (Å²) in [5.41, 5.74) is 0. The summed E-state index contributed by atoms with van der Waals surface area (Å²) in [4.78, 5) is 1.69. The van der Waals surface area contributed by atoms with Crippen LogP contribution in [0.4, 0.5) is 0 Å². The van der Waals surface area contributed by atoms with Gasteiger partial charge in [0.25, 0.3) is 0 Å². The Morgan fingerprint density at radius 1 is 1.27 bits per heavy atom. The molecule has 4 heteroatoms. The topological polar surface area (TPSA) is 41.9 Å². The Labute approximate surface area is 67.7 Å². The van der Waals surface area contributed by atoms with Crippen LogP contribution in [0.1, 0.15) is 13.3 Å². The number of methoxy groups -OCH3 is 2. The summed E-state index contributed by atoms with van der Waals surface area (Å²) in [5.74, 6) is 0. The van der Waals surface area contributed by atoms with Gasteiger partial charge in [0.15, 0.2) is 0 Å². The summed E-state index contributed by atoms with van der Waals surface area (Å²) in [6.45, 7) is 2.69. The minimum atomic E-state index is -0.477. The normalized spacial score (nSPS) is 13.9. The second-order valence-corrected chi connectivity index (χ2v) is 2.31. The highest BCUT2D eigenvalue weighted by atomic mass is 16.5. The molecule has 0 aromatic carbocycles. The van der Waals surface area contributed by atoms with E-state index < -0.39 is 6.23 Å². The highest BCUT2D eigenvalue weighted by Gasteiger charge is 2.11. The van der Waals surface area contributed by atoms with E-state index in [0.717, 1.165) is 0 Å². The van der Waals surface area contributed by atoms with Gasteiger partial charge in [-0.25, -0.2) is 4.90 Å². The fourth-order valence-corrected chi connectivity index (χ4v) is 0.799. The summed E-state index contributed by atoms with van der Waals surface area (Å²) < 4.78 is 9.73. The summed E-state index contributed by atoms with van der Waals surface area (Å²) in [5, 5.41) is 9.35. The average molecular weight is 163 g/mol. The van der Waals surface area contributed by atoms with Crippen molar-refractivity contribution in [2.24, 2.45) is 0 Å². The molecule has 1 N–H and O–H groups in total. The lowest BCUT2D eigenvalue weighted by molar-refractivity contribution is -0.108. The van der Waals surface area contributed by atoms with Crippen LogP contribution in [-0.4, -0.2) is 43.9 Å². The fourth-order valence-electron chi connectivity index (χ4n) is 0.799. The van der Waals surface area contributed by atoms with Gasteiger partial charge in [0.05, 0.1) is 0 Å². The van der Waals surface area contributed by atoms with E-state index in [1.807, 2.05) is 6.92 Å². The van der Waals surface area contributed by atoms with E-state index in [-0.39, 0.29) is 0 Å². The zero-order chi connectivity index (χ0) is 8.69.